The lowest BCUT2D eigenvalue weighted by molar-refractivity contribution is -0.118. The molecule has 0 saturated heterocycles. The van der Waals surface area contributed by atoms with E-state index in [1.165, 1.54) is 35.2 Å². The summed E-state index contributed by atoms with van der Waals surface area (Å²) in [4.78, 5) is 17.1. The average molecular weight is 401 g/mol. The largest absolute Gasteiger partial charge is 0.352 e. The van der Waals surface area contributed by atoms with Crippen LogP contribution in [-0.4, -0.2) is 33.4 Å². The van der Waals surface area contributed by atoms with Gasteiger partial charge in [-0.3, -0.25) is 4.79 Å². The molecule has 1 amide bonds. The second-order valence-corrected chi connectivity index (χ2v) is 7.57. The molecule has 0 saturated carbocycles. The highest BCUT2D eigenvalue weighted by molar-refractivity contribution is 7.99. The van der Waals surface area contributed by atoms with Crippen molar-refractivity contribution in [2.75, 3.05) is 12.3 Å². The van der Waals surface area contributed by atoms with Crippen LogP contribution in [0.4, 0.5) is 4.39 Å². The number of carbonyl (C=O) groups excluding carboxylic acids is 1. The highest BCUT2D eigenvalue weighted by atomic mass is 32.2. The van der Waals surface area contributed by atoms with Crippen molar-refractivity contribution in [1.82, 2.24) is 20.5 Å². The summed E-state index contributed by atoms with van der Waals surface area (Å²) in [5, 5.41) is 12.6. The number of hydrogen-bond donors (Lipinski definition) is 1. The number of amides is 1. The lowest BCUT2D eigenvalue weighted by Gasteiger charge is -2.02. The van der Waals surface area contributed by atoms with Crippen molar-refractivity contribution >= 4 is 29.0 Å². The fourth-order valence-electron chi connectivity index (χ4n) is 2.24. The summed E-state index contributed by atoms with van der Waals surface area (Å²) in [5.41, 5.74) is 2.43. The number of hydrogen-bond acceptors (Lipinski definition) is 6. The van der Waals surface area contributed by atoms with E-state index in [1.54, 1.807) is 18.2 Å². The number of aromatic nitrogens is 3. The molecule has 8 heteroatoms. The van der Waals surface area contributed by atoms with E-state index in [0.29, 0.717) is 11.6 Å². The molecule has 1 aromatic carbocycles. The van der Waals surface area contributed by atoms with Gasteiger partial charge >= 0.3 is 0 Å². The Labute approximate surface area is 164 Å². The highest BCUT2D eigenvalue weighted by Gasteiger charge is 2.13. The van der Waals surface area contributed by atoms with Crippen molar-refractivity contribution in [2.45, 2.75) is 11.9 Å². The SMILES string of the molecule is C=CCNC(=O)CSc1ccc(-c2sc(-c3ccc(F)cc3)nc2C)nn1. The van der Waals surface area contributed by atoms with E-state index in [-0.39, 0.29) is 17.5 Å². The Balaban J connectivity index is 1.71. The maximum atomic E-state index is 13.1. The Kier molecular flexibility index (Phi) is 6.31. The Bertz CT molecular complexity index is 939. The van der Waals surface area contributed by atoms with E-state index < -0.39 is 0 Å². The molecule has 0 spiro atoms. The van der Waals surface area contributed by atoms with E-state index in [2.05, 4.69) is 27.1 Å². The monoisotopic (exact) mass is 400 g/mol. The molecule has 0 fully saturated rings. The highest BCUT2D eigenvalue weighted by Crippen LogP contribution is 2.34. The maximum Gasteiger partial charge on any atom is 0.230 e. The van der Waals surface area contributed by atoms with Crippen LogP contribution in [0.1, 0.15) is 5.69 Å². The van der Waals surface area contributed by atoms with Crippen LogP contribution in [0.5, 0.6) is 0 Å². The molecule has 0 aliphatic carbocycles. The molecule has 3 aromatic rings. The molecule has 0 atom stereocenters. The third-order valence-electron chi connectivity index (χ3n) is 3.56. The summed E-state index contributed by atoms with van der Waals surface area (Å²) in [6.45, 7) is 5.92. The van der Waals surface area contributed by atoms with Crippen molar-refractivity contribution in [3.63, 3.8) is 0 Å². The minimum Gasteiger partial charge on any atom is -0.352 e. The maximum absolute atomic E-state index is 13.1. The molecule has 0 aliphatic rings. The van der Waals surface area contributed by atoms with Gasteiger partial charge in [0.15, 0.2) is 0 Å². The third-order valence-corrected chi connectivity index (χ3v) is 5.70. The Hall–Kier alpha value is -2.58. The summed E-state index contributed by atoms with van der Waals surface area (Å²) in [6, 6.07) is 9.96. The molecule has 138 valence electrons. The molecule has 0 unspecified atom stereocenters. The van der Waals surface area contributed by atoms with Crippen molar-refractivity contribution in [1.29, 1.82) is 0 Å². The Morgan fingerprint density at radius 2 is 2.04 bits per heavy atom. The van der Waals surface area contributed by atoms with Crippen molar-refractivity contribution in [3.05, 3.63) is 60.6 Å². The van der Waals surface area contributed by atoms with Crippen molar-refractivity contribution < 1.29 is 9.18 Å². The lowest BCUT2D eigenvalue weighted by atomic mass is 10.2. The molecule has 3 rings (SSSR count). The van der Waals surface area contributed by atoms with Crippen LogP contribution in [0.15, 0.2) is 54.1 Å². The van der Waals surface area contributed by atoms with Crippen LogP contribution >= 0.6 is 23.1 Å². The first-order valence-corrected chi connectivity index (χ1v) is 9.95. The zero-order valence-corrected chi connectivity index (χ0v) is 16.2. The van der Waals surface area contributed by atoms with Gasteiger partial charge in [0.25, 0.3) is 0 Å². The fraction of sp³-hybridized carbons (Fsp3) is 0.158. The summed E-state index contributed by atoms with van der Waals surface area (Å²) in [7, 11) is 0. The molecule has 5 nitrogen and oxygen atoms in total. The summed E-state index contributed by atoms with van der Waals surface area (Å²) in [5.74, 6) is -0.0757. The van der Waals surface area contributed by atoms with Crippen LogP contribution < -0.4 is 5.32 Å². The summed E-state index contributed by atoms with van der Waals surface area (Å²) >= 11 is 2.81. The van der Waals surface area contributed by atoms with E-state index in [1.807, 2.05) is 19.1 Å². The molecule has 1 N–H and O–H groups in total. The van der Waals surface area contributed by atoms with Crippen molar-refractivity contribution in [2.24, 2.45) is 0 Å². The zero-order chi connectivity index (χ0) is 19.2. The number of thiazole rings is 1. The molecule has 0 aliphatic heterocycles. The second-order valence-electron chi connectivity index (χ2n) is 5.58. The van der Waals surface area contributed by atoms with E-state index in [4.69, 9.17) is 0 Å². The van der Waals surface area contributed by atoms with Gasteiger partial charge in [0.1, 0.15) is 21.5 Å². The molecule has 2 aromatic heterocycles. The third kappa shape index (κ3) is 4.99. The summed E-state index contributed by atoms with van der Waals surface area (Å²) in [6.07, 6.45) is 1.63. The van der Waals surface area contributed by atoms with Crippen LogP contribution in [0, 0.1) is 12.7 Å². The predicted octanol–water partition coefficient (Wildman–Crippen LogP) is 4.11. The van der Waals surface area contributed by atoms with E-state index in [9.17, 15) is 9.18 Å². The lowest BCUT2D eigenvalue weighted by Crippen LogP contribution is -2.24. The average Bonchev–Trinajstić information content (AvgIpc) is 3.07. The van der Waals surface area contributed by atoms with Crippen LogP contribution in [0.3, 0.4) is 0 Å². The molecular weight excluding hydrogens is 383 g/mol. The van der Waals surface area contributed by atoms with E-state index >= 15 is 0 Å². The number of aryl methyl sites for hydroxylation is 1. The molecule has 0 bridgehead atoms. The van der Waals surface area contributed by atoms with Gasteiger partial charge in [-0.1, -0.05) is 17.8 Å². The number of carbonyl (C=O) groups is 1. The zero-order valence-electron chi connectivity index (χ0n) is 14.6. The fourth-order valence-corrected chi connectivity index (χ4v) is 3.93. The van der Waals surface area contributed by atoms with Gasteiger partial charge in [-0.2, -0.15) is 0 Å². The number of thioether (sulfide) groups is 1. The van der Waals surface area contributed by atoms with Gasteiger partial charge in [-0.05, 0) is 43.3 Å². The van der Waals surface area contributed by atoms with Gasteiger partial charge in [-0.15, -0.1) is 28.1 Å². The first kappa shape index (κ1) is 19.2. The minimum absolute atomic E-state index is 0.0759. The van der Waals surface area contributed by atoms with Crippen LogP contribution in [0.25, 0.3) is 21.1 Å². The van der Waals surface area contributed by atoms with Crippen molar-refractivity contribution in [3.8, 4) is 21.1 Å². The van der Waals surface area contributed by atoms with Gasteiger partial charge in [-0.25, -0.2) is 9.37 Å². The normalized spacial score (nSPS) is 10.6. The second kappa shape index (κ2) is 8.88. The van der Waals surface area contributed by atoms with Gasteiger partial charge < -0.3 is 5.32 Å². The number of benzene rings is 1. The molecular formula is C19H17FN4OS2. The smallest absolute Gasteiger partial charge is 0.230 e. The van der Waals surface area contributed by atoms with E-state index in [0.717, 1.165) is 26.8 Å². The topological polar surface area (TPSA) is 67.8 Å². The minimum atomic E-state index is -0.274. The van der Waals surface area contributed by atoms with Gasteiger partial charge in [0.2, 0.25) is 5.91 Å². The number of halogens is 1. The first-order valence-electron chi connectivity index (χ1n) is 8.14. The standard InChI is InChI=1S/C19H17FN4OS2/c1-3-10-21-16(25)11-26-17-9-8-15(23-24-17)18-12(2)22-19(27-18)13-4-6-14(20)7-5-13/h3-9H,1,10-11H2,2H3,(H,21,25). The quantitative estimate of drug-likeness (QED) is 0.478. The molecule has 27 heavy (non-hydrogen) atoms. The molecule has 0 radical (unpaired) electrons. The predicted molar refractivity (Wildman–Crippen MR) is 107 cm³/mol. The Morgan fingerprint density at radius 1 is 1.26 bits per heavy atom. The van der Waals surface area contributed by atoms with Gasteiger partial charge in [0.05, 0.1) is 16.3 Å². The van der Waals surface area contributed by atoms with Crippen LogP contribution in [0.2, 0.25) is 0 Å². The van der Waals surface area contributed by atoms with Gasteiger partial charge in [0, 0.05) is 12.1 Å². The first-order chi connectivity index (χ1) is 13.1. The number of nitrogens with one attached hydrogen (secondary N) is 1. The number of rotatable bonds is 7. The Morgan fingerprint density at radius 3 is 2.70 bits per heavy atom. The van der Waals surface area contributed by atoms with Crippen LogP contribution in [-0.2, 0) is 4.79 Å². The molecule has 2 heterocycles. The summed E-state index contributed by atoms with van der Waals surface area (Å²) < 4.78 is 13.1. The number of nitrogens with zero attached hydrogens (tertiary/aromatic N) is 3.